The van der Waals surface area contributed by atoms with E-state index in [1.54, 1.807) is 11.3 Å². The van der Waals surface area contributed by atoms with Crippen molar-refractivity contribution >= 4 is 23.1 Å². The molecule has 2 atom stereocenters. The number of rotatable bonds is 4. The van der Waals surface area contributed by atoms with Crippen LogP contribution in [0.1, 0.15) is 20.3 Å². The zero-order chi connectivity index (χ0) is 8.97. The number of hydrogen-bond acceptors (Lipinski definition) is 3. The fourth-order valence-electron chi connectivity index (χ4n) is 1.10. The molecule has 1 heterocycles. The largest absolute Gasteiger partial charge is 0.328 e. The van der Waals surface area contributed by atoms with Crippen LogP contribution in [-0.4, -0.2) is 11.3 Å². The van der Waals surface area contributed by atoms with Crippen molar-refractivity contribution in [2.75, 3.05) is 0 Å². The first kappa shape index (κ1) is 10.1. The second-order valence-electron chi connectivity index (χ2n) is 3.07. The van der Waals surface area contributed by atoms with E-state index in [0.717, 1.165) is 6.42 Å². The summed E-state index contributed by atoms with van der Waals surface area (Å²) >= 11 is 3.72. The topological polar surface area (TPSA) is 26.0 Å². The molecule has 0 aliphatic heterocycles. The molecule has 0 aromatic carbocycles. The van der Waals surface area contributed by atoms with Gasteiger partial charge in [-0.05, 0) is 24.8 Å². The van der Waals surface area contributed by atoms with Crippen LogP contribution >= 0.6 is 23.1 Å². The molecule has 0 amide bonds. The van der Waals surface area contributed by atoms with Gasteiger partial charge in [0.25, 0.3) is 0 Å². The maximum atomic E-state index is 5.71. The van der Waals surface area contributed by atoms with Gasteiger partial charge < -0.3 is 5.73 Å². The van der Waals surface area contributed by atoms with Gasteiger partial charge in [0.1, 0.15) is 0 Å². The minimum atomic E-state index is 0.312. The molecule has 68 valence electrons. The maximum absolute atomic E-state index is 5.71. The zero-order valence-electron chi connectivity index (χ0n) is 7.49. The molecule has 3 heteroatoms. The molecule has 1 aromatic heterocycles. The minimum absolute atomic E-state index is 0.312. The lowest BCUT2D eigenvalue weighted by Gasteiger charge is -2.11. The van der Waals surface area contributed by atoms with Crippen LogP contribution in [0.3, 0.4) is 0 Å². The summed E-state index contributed by atoms with van der Waals surface area (Å²) in [5.74, 6) is 0. The molecule has 0 saturated carbocycles. The molecule has 0 bridgehead atoms. The summed E-state index contributed by atoms with van der Waals surface area (Å²) in [7, 11) is 0. The van der Waals surface area contributed by atoms with Gasteiger partial charge in [0.15, 0.2) is 0 Å². The number of hydrogen-bond donors (Lipinski definition) is 1. The van der Waals surface area contributed by atoms with Crippen LogP contribution in [0.4, 0.5) is 0 Å². The van der Waals surface area contributed by atoms with E-state index in [9.17, 15) is 0 Å². The summed E-state index contributed by atoms with van der Waals surface area (Å²) in [4.78, 5) is 0. The van der Waals surface area contributed by atoms with E-state index in [1.165, 1.54) is 4.21 Å². The van der Waals surface area contributed by atoms with Crippen LogP contribution in [0.2, 0.25) is 0 Å². The van der Waals surface area contributed by atoms with Crippen molar-refractivity contribution in [1.29, 1.82) is 0 Å². The number of thiophene rings is 1. The lowest BCUT2D eigenvalue weighted by molar-refractivity contribution is 0.663. The van der Waals surface area contributed by atoms with Crippen LogP contribution in [0.25, 0.3) is 0 Å². The van der Waals surface area contributed by atoms with Crippen molar-refractivity contribution in [3.8, 4) is 0 Å². The molecule has 1 nitrogen and oxygen atoms in total. The van der Waals surface area contributed by atoms with Gasteiger partial charge in [-0.25, -0.2) is 0 Å². The Morgan fingerprint density at radius 2 is 2.33 bits per heavy atom. The van der Waals surface area contributed by atoms with Gasteiger partial charge in [-0.15, -0.1) is 23.1 Å². The Kier molecular flexibility index (Phi) is 4.12. The van der Waals surface area contributed by atoms with Crippen molar-refractivity contribution in [3.05, 3.63) is 17.5 Å². The van der Waals surface area contributed by atoms with E-state index in [0.29, 0.717) is 11.3 Å². The number of thioether (sulfide) groups is 1. The molecular weight excluding hydrogens is 186 g/mol. The van der Waals surface area contributed by atoms with Crippen LogP contribution in [0.5, 0.6) is 0 Å². The third-order valence-corrected chi connectivity index (χ3v) is 3.72. The highest BCUT2D eigenvalue weighted by atomic mass is 32.2. The van der Waals surface area contributed by atoms with E-state index in [1.807, 2.05) is 11.8 Å². The van der Waals surface area contributed by atoms with E-state index in [2.05, 4.69) is 31.4 Å². The Morgan fingerprint density at radius 3 is 2.83 bits per heavy atom. The predicted molar refractivity (Wildman–Crippen MR) is 57.9 cm³/mol. The van der Waals surface area contributed by atoms with Crippen molar-refractivity contribution in [1.82, 2.24) is 0 Å². The third-order valence-electron chi connectivity index (χ3n) is 1.52. The highest BCUT2D eigenvalue weighted by molar-refractivity contribution is 8.01. The van der Waals surface area contributed by atoms with Gasteiger partial charge in [-0.1, -0.05) is 13.0 Å². The van der Waals surface area contributed by atoms with Crippen molar-refractivity contribution in [2.45, 2.75) is 35.8 Å². The predicted octanol–water partition coefficient (Wildman–Crippen LogP) is 2.97. The lowest BCUT2D eigenvalue weighted by atomic mass is 10.2. The average Bonchev–Trinajstić information content (AvgIpc) is 2.37. The quantitative estimate of drug-likeness (QED) is 0.758. The highest BCUT2D eigenvalue weighted by Crippen LogP contribution is 2.29. The van der Waals surface area contributed by atoms with Gasteiger partial charge >= 0.3 is 0 Å². The van der Waals surface area contributed by atoms with Crippen LogP contribution in [0, 0.1) is 0 Å². The second-order valence-corrected chi connectivity index (χ2v) is 5.76. The molecule has 1 aromatic rings. The number of nitrogens with two attached hydrogens (primary N) is 1. The molecular formula is C9H15NS2. The van der Waals surface area contributed by atoms with Gasteiger partial charge in [-0.2, -0.15) is 0 Å². The second kappa shape index (κ2) is 4.90. The third kappa shape index (κ3) is 3.61. The van der Waals surface area contributed by atoms with Gasteiger partial charge in [0.2, 0.25) is 0 Å². The Morgan fingerprint density at radius 1 is 1.58 bits per heavy atom. The molecule has 2 unspecified atom stereocenters. The fraction of sp³-hybridized carbons (Fsp3) is 0.556. The summed E-state index contributed by atoms with van der Waals surface area (Å²) in [6.45, 7) is 4.29. The van der Waals surface area contributed by atoms with Crippen molar-refractivity contribution in [3.63, 3.8) is 0 Å². The summed E-state index contributed by atoms with van der Waals surface area (Å²) in [5, 5.41) is 2.74. The molecule has 0 saturated heterocycles. The molecule has 2 N–H and O–H groups in total. The van der Waals surface area contributed by atoms with Crippen LogP contribution in [-0.2, 0) is 0 Å². The molecule has 0 spiro atoms. The Hall–Kier alpha value is 0.01000. The molecule has 1 rings (SSSR count). The standard InChI is InChI=1S/C9H15NS2/c1-7(10)6-8(2)12-9-4-3-5-11-9/h3-5,7-8H,6,10H2,1-2H3. The Labute approximate surface area is 82.4 Å². The van der Waals surface area contributed by atoms with Crippen LogP contribution in [0.15, 0.2) is 21.7 Å². The monoisotopic (exact) mass is 201 g/mol. The minimum Gasteiger partial charge on any atom is -0.328 e. The summed E-state index contributed by atoms with van der Waals surface area (Å²) in [6.07, 6.45) is 1.09. The normalized spacial score (nSPS) is 15.9. The van der Waals surface area contributed by atoms with Gasteiger partial charge in [0, 0.05) is 11.3 Å². The Balaban J connectivity index is 2.32. The summed E-state index contributed by atoms with van der Waals surface area (Å²) in [6, 6.07) is 4.56. The van der Waals surface area contributed by atoms with Crippen molar-refractivity contribution in [2.24, 2.45) is 5.73 Å². The van der Waals surface area contributed by atoms with E-state index in [-0.39, 0.29) is 0 Å². The van der Waals surface area contributed by atoms with E-state index >= 15 is 0 Å². The SMILES string of the molecule is CC(N)CC(C)Sc1cccs1. The summed E-state index contributed by atoms with van der Waals surface area (Å²) in [5.41, 5.74) is 5.71. The van der Waals surface area contributed by atoms with E-state index < -0.39 is 0 Å². The van der Waals surface area contributed by atoms with Gasteiger partial charge in [0.05, 0.1) is 4.21 Å². The molecule has 0 aliphatic rings. The fourth-order valence-corrected chi connectivity index (χ4v) is 3.38. The molecule has 12 heavy (non-hydrogen) atoms. The highest BCUT2D eigenvalue weighted by Gasteiger charge is 2.06. The molecule has 0 aliphatic carbocycles. The first-order valence-corrected chi connectivity index (χ1v) is 5.90. The first-order chi connectivity index (χ1) is 5.68. The first-order valence-electron chi connectivity index (χ1n) is 4.14. The summed E-state index contributed by atoms with van der Waals surface area (Å²) < 4.78 is 1.39. The zero-order valence-corrected chi connectivity index (χ0v) is 9.12. The Bertz CT molecular complexity index is 206. The smallest absolute Gasteiger partial charge is 0.0601 e. The van der Waals surface area contributed by atoms with Gasteiger partial charge in [-0.3, -0.25) is 0 Å². The van der Waals surface area contributed by atoms with E-state index in [4.69, 9.17) is 5.73 Å². The maximum Gasteiger partial charge on any atom is 0.0601 e. The molecule has 0 radical (unpaired) electrons. The average molecular weight is 201 g/mol. The lowest BCUT2D eigenvalue weighted by Crippen LogP contribution is -2.19. The van der Waals surface area contributed by atoms with Crippen LogP contribution < -0.4 is 5.73 Å². The van der Waals surface area contributed by atoms with Crippen molar-refractivity contribution < 1.29 is 0 Å². The molecule has 0 fully saturated rings.